The first-order valence-corrected chi connectivity index (χ1v) is 10.0. The number of hydrogen-bond acceptors (Lipinski definition) is 6. The Hall–Kier alpha value is -3.17. The van der Waals surface area contributed by atoms with Gasteiger partial charge in [-0.25, -0.2) is 0 Å². The highest BCUT2D eigenvalue weighted by Gasteiger charge is 2.25. The molecule has 0 radical (unpaired) electrons. The Balaban J connectivity index is 1.46. The topological polar surface area (TPSA) is 69.2 Å². The van der Waals surface area contributed by atoms with Crippen LogP contribution in [0, 0.1) is 18.3 Å². The lowest BCUT2D eigenvalue weighted by atomic mass is 10.1. The zero-order valence-electron chi connectivity index (χ0n) is 16.9. The van der Waals surface area contributed by atoms with Crippen LogP contribution in [0.15, 0.2) is 52.9 Å². The van der Waals surface area contributed by atoms with E-state index in [1.165, 1.54) is 5.56 Å². The molecule has 1 aliphatic heterocycles. The van der Waals surface area contributed by atoms with Crippen molar-refractivity contribution >= 4 is 5.69 Å². The maximum atomic E-state index is 9.41. The number of para-hydroxylation sites is 1. The van der Waals surface area contributed by atoms with Gasteiger partial charge in [-0.3, -0.25) is 4.90 Å². The van der Waals surface area contributed by atoms with Crippen LogP contribution in [0.4, 0.5) is 5.69 Å². The predicted molar refractivity (Wildman–Crippen MR) is 112 cm³/mol. The minimum absolute atomic E-state index is 0.0489. The Morgan fingerprint density at radius 1 is 1.00 bits per heavy atom. The lowest BCUT2D eigenvalue weighted by molar-refractivity contribution is 0.196. The monoisotopic (exact) mass is 387 g/mol. The van der Waals surface area contributed by atoms with Crippen molar-refractivity contribution in [1.82, 2.24) is 15.1 Å². The van der Waals surface area contributed by atoms with Crippen molar-refractivity contribution in [3.8, 4) is 17.5 Å². The third kappa shape index (κ3) is 4.15. The highest BCUT2D eigenvalue weighted by atomic mass is 16.4. The van der Waals surface area contributed by atoms with Crippen LogP contribution < -0.4 is 4.90 Å². The van der Waals surface area contributed by atoms with E-state index >= 15 is 0 Å². The molecule has 0 amide bonds. The van der Waals surface area contributed by atoms with Crippen LogP contribution >= 0.6 is 0 Å². The highest BCUT2D eigenvalue weighted by molar-refractivity contribution is 5.59. The van der Waals surface area contributed by atoms with Crippen molar-refractivity contribution in [2.24, 2.45) is 0 Å². The lowest BCUT2D eigenvalue weighted by Crippen LogP contribution is -2.33. The van der Waals surface area contributed by atoms with Gasteiger partial charge in [-0.2, -0.15) is 5.26 Å². The van der Waals surface area contributed by atoms with E-state index in [4.69, 9.17) is 4.42 Å². The SMILES string of the molecule is Cc1ccc(-c2nnc(C(C)N3CCCN(c4ccccc4C#N)CC3)o2)cc1. The molecule has 2 heterocycles. The minimum Gasteiger partial charge on any atom is -0.419 e. The maximum Gasteiger partial charge on any atom is 0.247 e. The summed E-state index contributed by atoms with van der Waals surface area (Å²) in [4.78, 5) is 4.68. The van der Waals surface area contributed by atoms with E-state index in [0.717, 1.165) is 49.4 Å². The molecule has 6 heteroatoms. The van der Waals surface area contributed by atoms with E-state index in [2.05, 4.69) is 39.9 Å². The number of rotatable bonds is 4. The molecule has 1 fully saturated rings. The second-order valence-corrected chi connectivity index (χ2v) is 7.49. The summed E-state index contributed by atoms with van der Waals surface area (Å²) in [5, 5.41) is 18.0. The van der Waals surface area contributed by atoms with Gasteiger partial charge >= 0.3 is 0 Å². The molecule has 1 saturated heterocycles. The van der Waals surface area contributed by atoms with Crippen LogP contribution in [0.1, 0.15) is 36.4 Å². The van der Waals surface area contributed by atoms with Crippen molar-refractivity contribution < 1.29 is 4.42 Å². The Labute approximate surface area is 171 Å². The summed E-state index contributed by atoms with van der Waals surface area (Å²) in [6.07, 6.45) is 1.02. The summed E-state index contributed by atoms with van der Waals surface area (Å²) in [6.45, 7) is 7.80. The third-order valence-corrected chi connectivity index (χ3v) is 5.54. The van der Waals surface area contributed by atoms with Crippen LogP contribution in [-0.2, 0) is 0 Å². The molecule has 1 aliphatic rings. The zero-order valence-corrected chi connectivity index (χ0v) is 16.9. The Bertz CT molecular complexity index is 1000. The Morgan fingerprint density at radius 3 is 2.59 bits per heavy atom. The van der Waals surface area contributed by atoms with E-state index in [1.807, 2.05) is 48.5 Å². The molecule has 6 nitrogen and oxygen atoms in total. The van der Waals surface area contributed by atoms with Gasteiger partial charge in [-0.1, -0.05) is 29.8 Å². The molecule has 2 aromatic carbocycles. The average Bonchev–Trinajstić information content (AvgIpc) is 3.12. The number of anilines is 1. The molecule has 1 aromatic heterocycles. The van der Waals surface area contributed by atoms with Crippen LogP contribution in [0.5, 0.6) is 0 Å². The number of aryl methyl sites for hydroxylation is 1. The van der Waals surface area contributed by atoms with Gasteiger partial charge in [0.05, 0.1) is 17.3 Å². The van der Waals surface area contributed by atoms with E-state index in [0.29, 0.717) is 11.8 Å². The zero-order chi connectivity index (χ0) is 20.2. The summed E-state index contributed by atoms with van der Waals surface area (Å²) in [7, 11) is 0. The largest absolute Gasteiger partial charge is 0.419 e. The molecule has 1 atom stereocenters. The van der Waals surface area contributed by atoms with Crippen LogP contribution in [-0.4, -0.2) is 41.3 Å². The molecule has 3 aromatic rings. The van der Waals surface area contributed by atoms with Crippen LogP contribution in [0.2, 0.25) is 0 Å². The molecule has 1 unspecified atom stereocenters. The summed E-state index contributed by atoms with van der Waals surface area (Å²) < 4.78 is 5.99. The van der Waals surface area contributed by atoms with Gasteiger partial charge in [0.2, 0.25) is 11.8 Å². The van der Waals surface area contributed by atoms with Gasteiger partial charge in [0.25, 0.3) is 0 Å². The third-order valence-electron chi connectivity index (χ3n) is 5.54. The quantitative estimate of drug-likeness (QED) is 0.669. The summed E-state index contributed by atoms with van der Waals surface area (Å²) in [5.41, 5.74) is 3.89. The number of nitrogens with zero attached hydrogens (tertiary/aromatic N) is 5. The normalized spacial score (nSPS) is 16.2. The smallest absolute Gasteiger partial charge is 0.247 e. The van der Waals surface area contributed by atoms with Crippen molar-refractivity contribution in [3.63, 3.8) is 0 Å². The van der Waals surface area contributed by atoms with E-state index in [1.54, 1.807) is 0 Å². The number of hydrogen-bond donors (Lipinski definition) is 0. The van der Waals surface area contributed by atoms with Gasteiger partial charge in [0.1, 0.15) is 6.07 Å². The van der Waals surface area contributed by atoms with E-state index < -0.39 is 0 Å². The summed E-state index contributed by atoms with van der Waals surface area (Å²) in [6, 6.07) is 18.3. The van der Waals surface area contributed by atoms with Gasteiger partial charge in [-0.15, -0.1) is 10.2 Å². The van der Waals surface area contributed by atoms with Gasteiger partial charge in [0, 0.05) is 31.7 Å². The van der Waals surface area contributed by atoms with Crippen LogP contribution in [0.3, 0.4) is 0 Å². The molecular formula is C23H25N5O. The first kappa shape index (κ1) is 19.2. The molecule has 0 saturated carbocycles. The standard InChI is InChI=1S/C23H25N5O/c1-17-8-10-19(11-9-17)23-26-25-22(29-23)18(2)27-12-5-13-28(15-14-27)21-7-4-3-6-20(21)16-24/h3-4,6-11,18H,5,12-15H2,1-2H3. The highest BCUT2D eigenvalue weighted by Crippen LogP contribution is 2.27. The number of nitriles is 1. The van der Waals surface area contributed by atoms with E-state index in [-0.39, 0.29) is 6.04 Å². The summed E-state index contributed by atoms with van der Waals surface area (Å²) >= 11 is 0. The molecule has 0 bridgehead atoms. The first-order valence-electron chi connectivity index (χ1n) is 10.0. The molecule has 0 spiro atoms. The second-order valence-electron chi connectivity index (χ2n) is 7.49. The molecule has 0 N–H and O–H groups in total. The molecule has 0 aliphatic carbocycles. The van der Waals surface area contributed by atoms with Crippen molar-refractivity contribution in [1.29, 1.82) is 5.26 Å². The van der Waals surface area contributed by atoms with Crippen molar-refractivity contribution in [2.75, 3.05) is 31.1 Å². The van der Waals surface area contributed by atoms with Crippen molar-refractivity contribution in [2.45, 2.75) is 26.3 Å². The fraction of sp³-hybridized carbons (Fsp3) is 0.348. The van der Waals surface area contributed by atoms with Crippen molar-refractivity contribution in [3.05, 3.63) is 65.5 Å². The molecule has 148 valence electrons. The fourth-order valence-corrected chi connectivity index (χ4v) is 3.78. The molecule has 4 rings (SSSR count). The maximum absolute atomic E-state index is 9.41. The average molecular weight is 387 g/mol. The lowest BCUT2D eigenvalue weighted by Gasteiger charge is -2.26. The Morgan fingerprint density at radius 2 is 1.79 bits per heavy atom. The number of benzene rings is 2. The van der Waals surface area contributed by atoms with Gasteiger partial charge in [0.15, 0.2) is 0 Å². The fourth-order valence-electron chi connectivity index (χ4n) is 3.78. The Kier molecular flexibility index (Phi) is 5.59. The van der Waals surface area contributed by atoms with E-state index in [9.17, 15) is 5.26 Å². The first-order chi connectivity index (χ1) is 14.2. The number of aromatic nitrogens is 2. The second kappa shape index (κ2) is 8.46. The van der Waals surface area contributed by atoms with Gasteiger partial charge < -0.3 is 9.32 Å². The minimum atomic E-state index is 0.0489. The predicted octanol–water partition coefficient (Wildman–Crippen LogP) is 4.19. The molecular weight excluding hydrogens is 362 g/mol. The van der Waals surface area contributed by atoms with Gasteiger partial charge in [-0.05, 0) is 44.5 Å². The van der Waals surface area contributed by atoms with Crippen LogP contribution in [0.25, 0.3) is 11.5 Å². The summed E-state index contributed by atoms with van der Waals surface area (Å²) in [5.74, 6) is 1.21. The molecule has 29 heavy (non-hydrogen) atoms.